The molecule has 0 radical (unpaired) electrons. The van der Waals surface area contributed by atoms with E-state index in [0.717, 1.165) is 23.2 Å². The molecule has 0 fully saturated rings. The van der Waals surface area contributed by atoms with Gasteiger partial charge < -0.3 is 9.67 Å². The second-order valence-corrected chi connectivity index (χ2v) is 6.37. The van der Waals surface area contributed by atoms with E-state index in [-0.39, 0.29) is 5.75 Å². The standard InChI is InChI=1S/C14H24N2O2S/c1-10(2)6-5-7-12(4)16-8-11(3)15-14(16)19-9-13(17)18/h8,10,12H,5-7,9H2,1-4H3,(H,17,18). The van der Waals surface area contributed by atoms with Gasteiger partial charge in [0.2, 0.25) is 0 Å². The first-order valence-electron chi connectivity index (χ1n) is 6.80. The largest absolute Gasteiger partial charge is 0.481 e. The van der Waals surface area contributed by atoms with Crippen LogP contribution < -0.4 is 0 Å². The monoisotopic (exact) mass is 284 g/mol. The van der Waals surface area contributed by atoms with E-state index in [2.05, 4.69) is 30.3 Å². The third-order valence-corrected chi connectivity index (χ3v) is 3.97. The van der Waals surface area contributed by atoms with E-state index in [1.165, 1.54) is 24.6 Å². The van der Waals surface area contributed by atoms with E-state index in [9.17, 15) is 4.79 Å². The normalized spacial score (nSPS) is 12.9. The van der Waals surface area contributed by atoms with Crippen LogP contribution in [-0.2, 0) is 4.79 Å². The van der Waals surface area contributed by atoms with Gasteiger partial charge in [0.25, 0.3) is 0 Å². The van der Waals surface area contributed by atoms with E-state index < -0.39 is 5.97 Å². The molecular formula is C14H24N2O2S. The number of thioether (sulfide) groups is 1. The maximum Gasteiger partial charge on any atom is 0.313 e. The molecule has 1 aromatic rings. The van der Waals surface area contributed by atoms with Gasteiger partial charge in [0.15, 0.2) is 5.16 Å². The number of aromatic nitrogens is 2. The van der Waals surface area contributed by atoms with Gasteiger partial charge in [-0.25, -0.2) is 4.98 Å². The van der Waals surface area contributed by atoms with Gasteiger partial charge in [-0.2, -0.15) is 0 Å². The summed E-state index contributed by atoms with van der Waals surface area (Å²) in [6.45, 7) is 8.59. The molecule has 108 valence electrons. The molecule has 1 heterocycles. The molecule has 0 saturated heterocycles. The van der Waals surface area contributed by atoms with Crippen LogP contribution >= 0.6 is 11.8 Å². The number of hydrogen-bond acceptors (Lipinski definition) is 3. The maximum atomic E-state index is 10.6. The first-order valence-corrected chi connectivity index (χ1v) is 7.78. The fraction of sp³-hybridized carbons (Fsp3) is 0.714. The molecule has 4 nitrogen and oxygen atoms in total. The van der Waals surface area contributed by atoms with Crippen LogP contribution in [0.3, 0.4) is 0 Å². The number of carboxylic acid groups (broad SMARTS) is 1. The van der Waals surface area contributed by atoms with E-state index in [1.807, 2.05) is 13.1 Å². The first-order chi connectivity index (χ1) is 8.90. The quantitative estimate of drug-likeness (QED) is 0.739. The molecule has 0 bridgehead atoms. The van der Waals surface area contributed by atoms with Crippen LogP contribution in [0, 0.1) is 12.8 Å². The smallest absolute Gasteiger partial charge is 0.313 e. The molecule has 1 rings (SSSR count). The Bertz CT molecular complexity index is 416. The summed E-state index contributed by atoms with van der Waals surface area (Å²) in [5.41, 5.74) is 0.948. The van der Waals surface area contributed by atoms with Gasteiger partial charge in [-0.05, 0) is 26.2 Å². The molecule has 0 aliphatic heterocycles. The molecule has 1 aromatic heterocycles. The molecule has 0 saturated carbocycles. The number of aliphatic carboxylic acids is 1. The van der Waals surface area contributed by atoms with Crippen molar-refractivity contribution in [1.82, 2.24) is 9.55 Å². The van der Waals surface area contributed by atoms with Crippen LogP contribution in [0.4, 0.5) is 0 Å². The molecule has 19 heavy (non-hydrogen) atoms. The topological polar surface area (TPSA) is 55.1 Å². The number of imidazole rings is 1. The van der Waals surface area contributed by atoms with Crippen LogP contribution in [-0.4, -0.2) is 26.4 Å². The van der Waals surface area contributed by atoms with Gasteiger partial charge in [-0.3, -0.25) is 4.79 Å². The third kappa shape index (κ3) is 5.68. The van der Waals surface area contributed by atoms with Gasteiger partial charge >= 0.3 is 5.97 Å². The van der Waals surface area contributed by atoms with E-state index in [0.29, 0.717) is 6.04 Å². The summed E-state index contributed by atoms with van der Waals surface area (Å²) >= 11 is 1.30. The Labute approximate surface area is 119 Å². The average molecular weight is 284 g/mol. The minimum absolute atomic E-state index is 0.0647. The Morgan fingerprint density at radius 1 is 1.42 bits per heavy atom. The molecule has 0 aliphatic rings. The van der Waals surface area contributed by atoms with Crippen molar-refractivity contribution in [1.29, 1.82) is 0 Å². The minimum atomic E-state index is -0.801. The maximum absolute atomic E-state index is 10.6. The predicted molar refractivity (Wildman–Crippen MR) is 78.7 cm³/mol. The Kier molecular flexibility index (Phi) is 6.42. The van der Waals surface area contributed by atoms with Gasteiger partial charge in [0.05, 0.1) is 11.4 Å². The number of carboxylic acids is 1. The summed E-state index contributed by atoms with van der Waals surface area (Å²) < 4.78 is 2.11. The lowest BCUT2D eigenvalue weighted by Gasteiger charge is -2.16. The Balaban J connectivity index is 2.62. The minimum Gasteiger partial charge on any atom is -0.481 e. The summed E-state index contributed by atoms with van der Waals surface area (Å²) in [6.07, 6.45) is 5.55. The highest BCUT2D eigenvalue weighted by molar-refractivity contribution is 7.99. The first kappa shape index (κ1) is 16.1. The van der Waals surface area contributed by atoms with Crippen molar-refractivity contribution >= 4 is 17.7 Å². The number of aryl methyl sites for hydroxylation is 1. The van der Waals surface area contributed by atoms with Crippen molar-refractivity contribution in [2.75, 3.05) is 5.75 Å². The SMILES string of the molecule is Cc1cn(C(C)CCCC(C)C)c(SCC(=O)O)n1. The van der Waals surface area contributed by atoms with Crippen LogP contribution in [0.5, 0.6) is 0 Å². The predicted octanol–water partition coefficient (Wildman–Crippen LogP) is 3.76. The van der Waals surface area contributed by atoms with Gasteiger partial charge in [0.1, 0.15) is 0 Å². The number of nitrogens with zero attached hydrogens (tertiary/aromatic N) is 2. The summed E-state index contributed by atoms with van der Waals surface area (Å²) in [6, 6.07) is 0.372. The van der Waals surface area contributed by atoms with Crippen molar-refractivity contribution < 1.29 is 9.90 Å². The van der Waals surface area contributed by atoms with Crippen molar-refractivity contribution in [2.45, 2.75) is 58.2 Å². The molecule has 5 heteroatoms. The van der Waals surface area contributed by atoms with E-state index in [1.54, 1.807) is 0 Å². The Morgan fingerprint density at radius 2 is 2.11 bits per heavy atom. The second kappa shape index (κ2) is 7.58. The van der Waals surface area contributed by atoms with Crippen LogP contribution in [0.15, 0.2) is 11.4 Å². The summed E-state index contributed by atoms with van der Waals surface area (Å²) in [5.74, 6) is -0.00272. The van der Waals surface area contributed by atoms with Crippen LogP contribution in [0.25, 0.3) is 0 Å². The van der Waals surface area contributed by atoms with Crippen LogP contribution in [0.1, 0.15) is 51.8 Å². The van der Waals surface area contributed by atoms with Gasteiger partial charge in [-0.15, -0.1) is 0 Å². The van der Waals surface area contributed by atoms with Crippen molar-refractivity contribution in [3.8, 4) is 0 Å². The zero-order valence-electron chi connectivity index (χ0n) is 12.2. The molecule has 1 unspecified atom stereocenters. The lowest BCUT2D eigenvalue weighted by Crippen LogP contribution is -2.07. The number of rotatable bonds is 8. The molecule has 0 spiro atoms. The highest BCUT2D eigenvalue weighted by Gasteiger charge is 2.13. The summed E-state index contributed by atoms with van der Waals surface area (Å²) in [4.78, 5) is 15.1. The molecule has 0 aliphatic carbocycles. The lowest BCUT2D eigenvalue weighted by atomic mass is 10.0. The molecule has 1 N–H and O–H groups in total. The summed E-state index contributed by atoms with van der Waals surface area (Å²) in [5, 5.41) is 9.57. The lowest BCUT2D eigenvalue weighted by molar-refractivity contribution is -0.133. The molecular weight excluding hydrogens is 260 g/mol. The molecule has 0 amide bonds. The zero-order chi connectivity index (χ0) is 14.4. The zero-order valence-corrected chi connectivity index (χ0v) is 13.0. The van der Waals surface area contributed by atoms with Crippen molar-refractivity contribution in [3.05, 3.63) is 11.9 Å². The van der Waals surface area contributed by atoms with Crippen LogP contribution in [0.2, 0.25) is 0 Å². The highest BCUT2D eigenvalue weighted by atomic mass is 32.2. The number of carbonyl (C=O) groups is 1. The van der Waals surface area contributed by atoms with Crippen molar-refractivity contribution in [2.24, 2.45) is 5.92 Å². The fourth-order valence-electron chi connectivity index (χ4n) is 2.00. The Hall–Kier alpha value is -0.970. The highest BCUT2D eigenvalue weighted by Crippen LogP contribution is 2.25. The van der Waals surface area contributed by atoms with Gasteiger partial charge in [0, 0.05) is 12.2 Å². The Morgan fingerprint density at radius 3 is 2.68 bits per heavy atom. The van der Waals surface area contributed by atoms with E-state index in [4.69, 9.17) is 5.11 Å². The molecule has 0 aromatic carbocycles. The third-order valence-electron chi connectivity index (χ3n) is 3.02. The second-order valence-electron chi connectivity index (χ2n) is 5.43. The number of hydrogen-bond donors (Lipinski definition) is 1. The fourth-order valence-corrected chi connectivity index (χ4v) is 2.85. The van der Waals surface area contributed by atoms with E-state index >= 15 is 0 Å². The van der Waals surface area contributed by atoms with Crippen molar-refractivity contribution in [3.63, 3.8) is 0 Å². The molecule has 1 atom stereocenters. The average Bonchev–Trinajstić information content (AvgIpc) is 2.67. The van der Waals surface area contributed by atoms with Gasteiger partial charge in [-0.1, -0.05) is 38.5 Å². The summed E-state index contributed by atoms with van der Waals surface area (Å²) in [7, 11) is 0.